The molecule has 0 radical (unpaired) electrons. The van der Waals surface area contributed by atoms with E-state index in [-0.39, 0.29) is 5.91 Å². The zero-order valence-electron chi connectivity index (χ0n) is 15.5. The second-order valence-corrected chi connectivity index (χ2v) is 8.36. The standard InChI is InChI=1S/C20H22N4OS2/c1-22(2)17-5-3-15(4-6-17)19(25)23-8-10-24(11-9-23)20-21-18(14-27-20)16-7-12-26-13-16/h3-7,12-14H,8-11H2,1-2H3. The Kier molecular flexibility index (Phi) is 5.13. The molecule has 0 saturated carbocycles. The van der Waals surface area contributed by atoms with E-state index in [1.807, 2.05) is 48.2 Å². The molecule has 1 fully saturated rings. The molecule has 7 heteroatoms. The van der Waals surface area contributed by atoms with Crippen molar-refractivity contribution in [1.82, 2.24) is 9.88 Å². The van der Waals surface area contributed by atoms with Crippen molar-refractivity contribution in [1.29, 1.82) is 0 Å². The van der Waals surface area contributed by atoms with Gasteiger partial charge >= 0.3 is 0 Å². The maximum absolute atomic E-state index is 12.8. The van der Waals surface area contributed by atoms with Crippen LogP contribution in [-0.2, 0) is 0 Å². The van der Waals surface area contributed by atoms with Gasteiger partial charge in [-0.25, -0.2) is 4.98 Å². The lowest BCUT2D eigenvalue weighted by molar-refractivity contribution is 0.0747. The van der Waals surface area contributed by atoms with Gasteiger partial charge in [0.25, 0.3) is 5.91 Å². The van der Waals surface area contributed by atoms with Crippen LogP contribution in [0.4, 0.5) is 10.8 Å². The molecule has 0 atom stereocenters. The maximum atomic E-state index is 12.8. The van der Waals surface area contributed by atoms with E-state index >= 15 is 0 Å². The molecular weight excluding hydrogens is 376 g/mol. The third-order valence-corrected chi connectivity index (χ3v) is 6.36. The first-order valence-corrected chi connectivity index (χ1v) is 10.7. The zero-order chi connectivity index (χ0) is 18.8. The lowest BCUT2D eigenvalue weighted by Gasteiger charge is -2.34. The number of carbonyl (C=O) groups is 1. The number of thiazole rings is 1. The van der Waals surface area contributed by atoms with Crippen molar-refractivity contribution in [2.75, 3.05) is 50.1 Å². The molecule has 27 heavy (non-hydrogen) atoms. The SMILES string of the molecule is CN(C)c1ccc(C(=O)N2CCN(c3nc(-c4ccsc4)cs3)CC2)cc1. The van der Waals surface area contributed by atoms with Gasteiger partial charge in [-0.1, -0.05) is 0 Å². The van der Waals surface area contributed by atoms with Crippen LogP contribution < -0.4 is 9.80 Å². The normalized spacial score (nSPS) is 14.4. The number of thiophene rings is 1. The Bertz CT molecular complexity index is 894. The minimum atomic E-state index is 0.109. The summed E-state index contributed by atoms with van der Waals surface area (Å²) in [4.78, 5) is 23.8. The molecule has 1 amide bonds. The molecule has 1 aromatic carbocycles. The van der Waals surface area contributed by atoms with Crippen molar-refractivity contribution in [2.45, 2.75) is 0 Å². The van der Waals surface area contributed by atoms with Crippen molar-refractivity contribution in [3.63, 3.8) is 0 Å². The largest absolute Gasteiger partial charge is 0.378 e. The van der Waals surface area contributed by atoms with Gasteiger partial charge in [0.1, 0.15) is 0 Å². The van der Waals surface area contributed by atoms with Crippen LogP contribution in [0.3, 0.4) is 0 Å². The Morgan fingerprint density at radius 3 is 2.41 bits per heavy atom. The molecule has 3 aromatic rings. The smallest absolute Gasteiger partial charge is 0.253 e. The Hall–Kier alpha value is -2.38. The third kappa shape index (κ3) is 3.84. The van der Waals surface area contributed by atoms with E-state index in [4.69, 9.17) is 4.98 Å². The highest BCUT2D eigenvalue weighted by Crippen LogP contribution is 2.29. The van der Waals surface area contributed by atoms with Crippen LogP contribution in [0.2, 0.25) is 0 Å². The van der Waals surface area contributed by atoms with Crippen molar-refractivity contribution < 1.29 is 4.79 Å². The van der Waals surface area contributed by atoms with Gasteiger partial charge in [-0.05, 0) is 35.7 Å². The average Bonchev–Trinajstić information content (AvgIpc) is 3.39. The lowest BCUT2D eigenvalue weighted by atomic mass is 10.1. The summed E-state index contributed by atoms with van der Waals surface area (Å²) < 4.78 is 0. The van der Waals surface area contributed by atoms with E-state index in [9.17, 15) is 4.79 Å². The lowest BCUT2D eigenvalue weighted by Crippen LogP contribution is -2.48. The predicted molar refractivity (Wildman–Crippen MR) is 114 cm³/mol. The molecule has 0 unspecified atom stereocenters. The van der Waals surface area contributed by atoms with Crippen LogP contribution in [-0.4, -0.2) is 56.1 Å². The van der Waals surface area contributed by atoms with Crippen LogP contribution in [0.5, 0.6) is 0 Å². The number of piperazine rings is 1. The summed E-state index contributed by atoms with van der Waals surface area (Å²) in [6.45, 7) is 3.08. The molecular formula is C20H22N4OS2. The fraction of sp³-hybridized carbons (Fsp3) is 0.300. The van der Waals surface area contributed by atoms with E-state index in [2.05, 4.69) is 27.1 Å². The molecule has 0 N–H and O–H groups in total. The Balaban J connectivity index is 1.38. The number of hydrogen-bond donors (Lipinski definition) is 0. The van der Waals surface area contributed by atoms with Crippen LogP contribution in [0.1, 0.15) is 10.4 Å². The van der Waals surface area contributed by atoms with Gasteiger partial charge in [0.2, 0.25) is 0 Å². The van der Waals surface area contributed by atoms with Crippen LogP contribution >= 0.6 is 22.7 Å². The number of hydrogen-bond acceptors (Lipinski definition) is 6. The monoisotopic (exact) mass is 398 g/mol. The molecule has 2 aromatic heterocycles. The van der Waals surface area contributed by atoms with Crippen molar-refractivity contribution in [3.8, 4) is 11.3 Å². The minimum absolute atomic E-state index is 0.109. The summed E-state index contributed by atoms with van der Waals surface area (Å²) in [5.41, 5.74) is 4.07. The molecule has 5 nitrogen and oxygen atoms in total. The fourth-order valence-electron chi connectivity index (χ4n) is 3.14. The molecule has 1 aliphatic rings. The first kappa shape index (κ1) is 18.0. The average molecular weight is 399 g/mol. The molecule has 1 saturated heterocycles. The van der Waals surface area contributed by atoms with E-state index in [1.54, 1.807) is 22.7 Å². The first-order chi connectivity index (χ1) is 13.1. The predicted octanol–water partition coefficient (Wildman–Crippen LogP) is 3.90. The molecule has 0 spiro atoms. The number of carbonyl (C=O) groups excluding carboxylic acids is 1. The molecule has 3 heterocycles. The molecule has 1 aliphatic heterocycles. The van der Waals surface area contributed by atoms with E-state index in [0.717, 1.165) is 48.3 Å². The van der Waals surface area contributed by atoms with E-state index < -0.39 is 0 Å². The topological polar surface area (TPSA) is 39.7 Å². The number of aromatic nitrogens is 1. The summed E-state index contributed by atoms with van der Waals surface area (Å²) >= 11 is 3.36. The van der Waals surface area contributed by atoms with Gasteiger partial charge in [0, 0.05) is 67.8 Å². The van der Waals surface area contributed by atoms with Crippen LogP contribution in [0.15, 0.2) is 46.5 Å². The van der Waals surface area contributed by atoms with Gasteiger partial charge < -0.3 is 14.7 Å². The Labute approximate surface area is 167 Å². The molecule has 140 valence electrons. The van der Waals surface area contributed by atoms with Crippen LogP contribution in [0.25, 0.3) is 11.3 Å². The van der Waals surface area contributed by atoms with Crippen LogP contribution in [0, 0.1) is 0 Å². The third-order valence-electron chi connectivity index (χ3n) is 4.78. The van der Waals surface area contributed by atoms with Crippen molar-refractivity contribution in [2.24, 2.45) is 0 Å². The highest BCUT2D eigenvalue weighted by Gasteiger charge is 2.24. The summed E-state index contributed by atoms with van der Waals surface area (Å²) in [5.74, 6) is 0.109. The van der Waals surface area contributed by atoms with Gasteiger partial charge in [-0.3, -0.25) is 4.79 Å². The van der Waals surface area contributed by atoms with E-state index in [1.165, 1.54) is 5.56 Å². The number of amides is 1. The summed E-state index contributed by atoms with van der Waals surface area (Å²) in [5, 5.41) is 7.35. The second kappa shape index (κ2) is 7.70. The molecule has 4 rings (SSSR count). The Morgan fingerprint density at radius 1 is 1.04 bits per heavy atom. The van der Waals surface area contributed by atoms with Gasteiger partial charge in [-0.2, -0.15) is 11.3 Å². The second-order valence-electron chi connectivity index (χ2n) is 6.75. The number of benzene rings is 1. The number of nitrogens with zero attached hydrogens (tertiary/aromatic N) is 4. The van der Waals surface area contributed by atoms with Gasteiger partial charge in [0.05, 0.1) is 5.69 Å². The number of rotatable bonds is 4. The summed E-state index contributed by atoms with van der Waals surface area (Å²) in [7, 11) is 4.00. The first-order valence-electron chi connectivity index (χ1n) is 8.91. The summed E-state index contributed by atoms with van der Waals surface area (Å²) in [6, 6.07) is 9.91. The van der Waals surface area contributed by atoms with Crippen molar-refractivity contribution >= 4 is 39.4 Å². The zero-order valence-corrected chi connectivity index (χ0v) is 17.1. The highest BCUT2D eigenvalue weighted by atomic mass is 32.1. The fourth-order valence-corrected chi connectivity index (χ4v) is 4.68. The molecule has 0 bridgehead atoms. The van der Waals surface area contributed by atoms with E-state index in [0.29, 0.717) is 0 Å². The van der Waals surface area contributed by atoms with Gasteiger partial charge in [0.15, 0.2) is 5.13 Å². The van der Waals surface area contributed by atoms with Gasteiger partial charge in [-0.15, -0.1) is 11.3 Å². The summed E-state index contributed by atoms with van der Waals surface area (Å²) in [6.07, 6.45) is 0. The maximum Gasteiger partial charge on any atom is 0.253 e. The number of anilines is 2. The minimum Gasteiger partial charge on any atom is -0.378 e. The van der Waals surface area contributed by atoms with Crippen molar-refractivity contribution in [3.05, 3.63) is 52.0 Å². The quantitative estimate of drug-likeness (QED) is 0.668. The molecule has 0 aliphatic carbocycles. The Morgan fingerprint density at radius 2 is 1.78 bits per heavy atom. The highest BCUT2D eigenvalue weighted by molar-refractivity contribution is 7.14.